The molecule has 2 unspecified atom stereocenters. The first-order valence-corrected chi connectivity index (χ1v) is 11.5. The van der Waals surface area contributed by atoms with Gasteiger partial charge in [0.2, 0.25) is 0 Å². The fraction of sp³-hybridized carbons (Fsp3) is 0.276. The lowest BCUT2D eigenvalue weighted by Crippen LogP contribution is -2.65. The molecule has 0 radical (unpaired) electrons. The highest BCUT2D eigenvalue weighted by atomic mass is 15.2. The third kappa shape index (κ3) is 2.15. The van der Waals surface area contributed by atoms with Gasteiger partial charge in [-0.05, 0) is 53.3 Å². The van der Waals surface area contributed by atoms with Crippen LogP contribution in [0, 0.1) is 0 Å². The maximum Gasteiger partial charge on any atom is 0.294 e. The molecule has 0 saturated heterocycles. The molecule has 2 heteroatoms. The van der Waals surface area contributed by atoms with Crippen molar-refractivity contribution in [3.8, 4) is 11.1 Å². The van der Waals surface area contributed by atoms with Gasteiger partial charge in [0.25, 0.3) is 5.65 Å². The van der Waals surface area contributed by atoms with Gasteiger partial charge in [0.15, 0.2) is 0 Å². The minimum Gasteiger partial charge on any atom is -0.224 e. The molecule has 5 aromatic rings. The highest BCUT2D eigenvalue weighted by molar-refractivity contribution is 6.09. The number of aromatic nitrogens is 2. The summed E-state index contributed by atoms with van der Waals surface area (Å²) >= 11 is 0. The Kier molecular flexibility index (Phi) is 3.72. The Morgan fingerprint density at radius 1 is 0.774 bits per heavy atom. The highest BCUT2D eigenvalue weighted by Gasteiger charge is 2.53. The van der Waals surface area contributed by atoms with Crippen LogP contribution in [-0.4, -0.2) is 4.40 Å². The van der Waals surface area contributed by atoms with Crippen molar-refractivity contribution in [1.29, 1.82) is 0 Å². The molecular formula is C29H29N2+. The predicted molar refractivity (Wildman–Crippen MR) is 130 cm³/mol. The standard InChI is InChI=1S/C29H29N2/c1-5-28(3)25-15-14-23(22-13-9-11-20-10-7-8-12-21(20)22)24-16-17-30-18-19-31(27(30)26(24)25)29(28,4)6-2/h7-19H,5-6H2,1-4H3/q+1. The van der Waals surface area contributed by atoms with E-state index in [2.05, 4.69) is 116 Å². The largest absolute Gasteiger partial charge is 0.294 e. The van der Waals surface area contributed by atoms with Gasteiger partial charge in [0.05, 0.1) is 11.6 Å². The van der Waals surface area contributed by atoms with Crippen molar-refractivity contribution in [3.05, 3.63) is 84.8 Å². The summed E-state index contributed by atoms with van der Waals surface area (Å²) in [6, 6.07) is 22.5. The number of imidazole rings is 1. The van der Waals surface area contributed by atoms with Gasteiger partial charge >= 0.3 is 0 Å². The summed E-state index contributed by atoms with van der Waals surface area (Å²) < 4.78 is 4.86. The van der Waals surface area contributed by atoms with E-state index in [1.54, 1.807) is 0 Å². The second kappa shape index (κ2) is 6.20. The number of benzene rings is 3. The zero-order chi connectivity index (χ0) is 21.4. The normalized spacial score (nSPS) is 22.7. The molecule has 1 aliphatic heterocycles. The summed E-state index contributed by atoms with van der Waals surface area (Å²) in [5.41, 5.74) is 5.56. The smallest absolute Gasteiger partial charge is 0.224 e. The van der Waals surface area contributed by atoms with Crippen molar-refractivity contribution in [2.75, 3.05) is 0 Å². The minimum absolute atomic E-state index is 0.0404. The van der Waals surface area contributed by atoms with Gasteiger partial charge < -0.3 is 0 Å². The van der Waals surface area contributed by atoms with E-state index in [0.29, 0.717) is 0 Å². The van der Waals surface area contributed by atoms with Gasteiger partial charge in [-0.2, -0.15) is 0 Å². The maximum atomic E-state index is 2.55. The lowest BCUT2D eigenvalue weighted by atomic mass is 9.61. The van der Waals surface area contributed by atoms with E-state index in [4.69, 9.17) is 0 Å². The van der Waals surface area contributed by atoms with Crippen LogP contribution in [0.5, 0.6) is 0 Å². The SMILES string of the molecule is CCC1(C)c2ccc(-c3cccc4ccccc34)c3ccn4cc[n+](c4c23)C1(C)CC. The third-order valence-electron chi connectivity index (χ3n) is 8.51. The fourth-order valence-corrected chi connectivity index (χ4v) is 6.20. The molecular weight excluding hydrogens is 376 g/mol. The van der Waals surface area contributed by atoms with E-state index in [-0.39, 0.29) is 11.0 Å². The molecule has 154 valence electrons. The van der Waals surface area contributed by atoms with Crippen LogP contribution in [0.1, 0.15) is 46.1 Å². The lowest BCUT2D eigenvalue weighted by Gasteiger charge is -2.46. The third-order valence-corrected chi connectivity index (χ3v) is 8.51. The van der Waals surface area contributed by atoms with Crippen molar-refractivity contribution in [2.24, 2.45) is 0 Å². The topological polar surface area (TPSA) is 8.29 Å². The van der Waals surface area contributed by atoms with E-state index in [9.17, 15) is 0 Å². The van der Waals surface area contributed by atoms with Crippen LogP contribution in [-0.2, 0) is 11.0 Å². The van der Waals surface area contributed by atoms with E-state index in [1.165, 1.54) is 43.9 Å². The number of hydrogen-bond acceptors (Lipinski definition) is 0. The second-order valence-corrected chi connectivity index (χ2v) is 9.50. The van der Waals surface area contributed by atoms with Crippen molar-refractivity contribution in [3.63, 3.8) is 0 Å². The van der Waals surface area contributed by atoms with Crippen molar-refractivity contribution >= 4 is 27.2 Å². The van der Waals surface area contributed by atoms with Crippen LogP contribution in [0.2, 0.25) is 0 Å². The summed E-state index contributed by atoms with van der Waals surface area (Å²) in [6.07, 6.45) is 8.96. The molecule has 0 aliphatic carbocycles. The molecule has 31 heavy (non-hydrogen) atoms. The number of fused-ring (bicyclic) bond motifs is 1. The van der Waals surface area contributed by atoms with Gasteiger partial charge in [-0.1, -0.05) is 75.4 Å². The van der Waals surface area contributed by atoms with Crippen LogP contribution in [0.4, 0.5) is 0 Å². The van der Waals surface area contributed by atoms with Crippen LogP contribution in [0.15, 0.2) is 79.3 Å². The molecule has 2 aromatic heterocycles. The van der Waals surface area contributed by atoms with Crippen molar-refractivity contribution in [2.45, 2.75) is 51.5 Å². The Morgan fingerprint density at radius 2 is 1.55 bits per heavy atom. The maximum absolute atomic E-state index is 2.55. The molecule has 3 aromatic carbocycles. The monoisotopic (exact) mass is 405 g/mol. The zero-order valence-electron chi connectivity index (χ0n) is 18.8. The highest BCUT2D eigenvalue weighted by Crippen LogP contribution is 2.50. The first kappa shape index (κ1) is 18.6. The Bertz CT molecular complexity index is 1490. The molecule has 1 aliphatic rings. The Labute approximate surface area is 183 Å². The molecule has 0 amide bonds. The van der Waals surface area contributed by atoms with E-state index < -0.39 is 0 Å². The Morgan fingerprint density at radius 3 is 2.35 bits per heavy atom. The van der Waals surface area contributed by atoms with Crippen LogP contribution < -0.4 is 4.57 Å². The molecule has 3 heterocycles. The molecule has 0 spiro atoms. The average Bonchev–Trinajstić information content (AvgIpc) is 3.27. The van der Waals surface area contributed by atoms with Crippen LogP contribution in [0.25, 0.3) is 38.3 Å². The summed E-state index contributed by atoms with van der Waals surface area (Å²) in [6.45, 7) is 9.59. The molecule has 6 rings (SSSR count). The molecule has 0 fully saturated rings. The molecule has 0 bridgehead atoms. The minimum atomic E-state index is 0.0404. The number of hydrogen-bond donors (Lipinski definition) is 0. The van der Waals surface area contributed by atoms with Gasteiger partial charge in [-0.3, -0.25) is 0 Å². The molecule has 0 N–H and O–H groups in total. The zero-order valence-corrected chi connectivity index (χ0v) is 18.8. The van der Waals surface area contributed by atoms with Gasteiger partial charge in [0, 0.05) is 10.8 Å². The summed E-state index contributed by atoms with van der Waals surface area (Å²) in [7, 11) is 0. The van der Waals surface area contributed by atoms with Crippen LogP contribution >= 0.6 is 0 Å². The fourth-order valence-electron chi connectivity index (χ4n) is 6.20. The summed E-state index contributed by atoms with van der Waals surface area (Å²) in [5, 5.41) is 5.37. The Balaban J connectivity index is 1.80. The van der Waals surface area contributed by atoms with Crippen LogP contribution in [0.3, 0.4) is 0 Å². The van der Waals surface area contributed by atoms with Crippen molar-refractivity contribution in [1.82, 2.24) is 4.40 Å². The van der Waals surface area contributed by atoms with Gasteiger partial charge in [-0.25, -0.2) is 8.97 Å². The number of pyridine rings is 1. The van der Waals surface area contributed by atoms with E-state index >= 15 is 0 Å². The Hall–Kier alpha value is -3.13. The quantitative estimate of drug-likeness (QED) is 0.285. The molecule has 2 atom stereocenters. The second-order valence-electron chi connectivity index (χ2n) is 9.50. The van der Waals surface area contributed by atoms with E-state index in [1.807, 2.05) is 0 Å². The first-order valence-electron chi connectivity index (χ1n) is 11.5. The average molecular weight is 406 g/mol. The number of nitrogens with zero attached hydrogens (tertiary/aromatic N) is 2. The van der Waals surface area contributed by atoms with Gasteiger partial charge in [-0.15, -0.1) is 0 Å². The summed E-state index contributed by atoms with van der Waals surface area (Å²) in [5.74, 6) is 0. The van der Waals surface area contributed by atoms with Gasteiger partial charge in [0.1, 0.15) is 17.9 Å². The predicted octanol–water partition coefficient (Wildman–Crippen LogP) is 7.01. The molecule has 2 nitrogen and oxygen atoms in total. The number of rotatable bonds is 3. The lowest BCUT2D eigenvalue weighted by molar-refractivity contribution is -0.750. The van der Waals surface area contributed by atoms with E-state index in [0.717, 1.165) is 12.8 Å². The molecule has 0 saturated carbocycles. The first-order chi connectivity index (χ1) is 15.0. The summed E-state index contributed by atoms with van der Waals surface area (Å²) in [4.78, 5) is 0. The van der Waals surface area contributed by atoms with Crippen molar-refractivity contribution < 1.29 is 4.57 Å².